The van der Waals surface area contributed by atoms with Gasteiger partial charge in [0.2, 0.25) is 0 Å². The molecule has 2 aliphatic rings. The van der Waals surface area contributed by atoms with Crippen LogP contribution in [0.25, 0.3) is 0 Å². The van der Waals surface area contributed by atoms with Crippen LogP contribution in [0.1, 0.15) is 21.5 Å². The lowest BCUT2D eigenvalue weighted by atomic mass is 10.1. The molecule has 0 aromatic heterocycles. The summed E-state index contributed by atoms with van der Waals surface area (Å²) in [5.41, 5.74) is -0.160. The van der Waals surface area contributed by atoms with Crippen LogP contribution in [0.4, 0.5) is 13.2 Å². The first-order valence-electron chi connectivity index (χ1n) is 9.59. The van der Waals surface area contributed by atoms with Gasteiger partial charge < -0.3 is 14.4 Å². The van der Waals surface area contributed by atoms with E-state index in [4.69, 9.17) is 9.47 Å². The number of ether oxygens (including phenoxy) is 2. The van der Waals surface area contributed by atoms with E-state index in [-0.39, 0.29) is 5.56 Å². The van der Waals surface area contributed by atoms with E-state index in [1.165, 1.54) is 23.1 Å². The molecule has 0 atom stereocenters. The molecule has 2 aromatic rings. The van der Waals surface area contributed by atoms with Crippen LogP contribution < -0.4 is 9.47 Å². The molecule has 0 aliphatic carbocycles. The molecule has 4 rings (SSSR count). The molecule has 0 spiro atoms. The summed E-state index contributed by atoms with van der Waals surface area (Å²) >= 11 is 3.56. The SMILES string of the molecule is O=C(c1ccccc1C(F)(F)F)N1CCN(Cc2cc3c(cc2Br)OCCO3)CC1. The molecule has 0 radical (unpaired) electrons. The fourth-order valence-corrected chi connectivity index (χ4v) is 4.11. The maximum atomic E-state index is 13.2. The van der Waals surface area contributed by atoms with Gasteiger partial charge in [-0.3, -0.25) is 9.69 Å². The van der Waals surface area contributed by atoms with Crippen LogP contribution in [0.5, 0.6) is 11.5 Å². The Morgan fingerprint density at radius 1 is 1.00 bits per heavy atom. The first-order valence-corrected chi connectivity index (χ1v) is 10.4. The number of amides is 1. The first kappa shape index (κ1) is 21.0. The Labute approximate surface area is 180 Å². The van der Waals surface area contributed by atoms with Gasteiger partial charge in [0.05, 0.1) is 11.1 Å². The highest BCUT2D eigenvalue weighted by atomic mass is 79.9. The molecule has 9 heteroatoms. The smallest absolute Gasteiger partial charge is 0.417 e. The highest BCUT2D eigenvalue weighted by molar-refractivity contribution is 9.10. The fraction of sp³-hybridized carbons (Fsp3) is 0.381. The first-order chi connectivity index (χ1) is 14.3. The van der Waals surface area contributed by atoms with Gasteiger partial charge in [0, 0.05) is 37.2 Å². The molecule has 2 aliphatic heterocycles. The van der Waals surface area contributed by atoms with Crippen molar-refractivity contribution in [1.82, 2.24) is 9.80 Å². The minimum Gasteiger partial charge on any atom is -0.486 e. The minimum absolute atomic E-state index is 0.298. The van der Waals surface area contributed by atoms with Gasteiger partial charge in [-0.1, -0.05) is 28.1 Å². The van der Waals surface area contributed by atoms with Crippen molar-refractivity contribution in [1.29, 1.82) is 0 Å². The summed E-state index contributed by atoms with van der Waals surface area (Å²) < 4.78 is 51.8. The second kappa shape index (κ2) is 8.47. The maximum Gasteiger partial charge on any atom is 0.417 e. The van der Waals surface area contributed by atoms with E-state index >= 15 is 0 Å². The van der Waals surface area contributed by atoms with Crippen molar-refractivity contribution in [3.8, 4) is 11.5 Å². The highest BCUT2D eigenvalue weighted by Crippen LogP contribution is 2.36. The van der Waals surface area contributed by atoms with Crippen molar-refractivity contribution >= 4 is 21.8 Å². The third-order valence-corrected chi connectivity index (χ3v) is 5.97. The number of carbonyl (C=O) groups is 1. The number of hydrogen-bond donors (Lipinski definition) is 0. The van der Waals surface area contributed by atoms with Crippen molar-refractivity contribution in [2.24, 2.45) is 0 Å². The Kier molecular flexibility index (Phi) is 5.92. The van der Waals surface area contributed by atoms with Gasteiger partial charge in [-0.15, -0.1) is 0 Å². The number of hydrogen-bond acceptors (Lipinski definition) is 4. The molecule has 0 N–H and O–H groups in total. The lowest BCUT2D eigenvalue weighted by molar-refractivity contribution is -0.138. The molecule has 0 unspecified atom stereocenters. The predicted octanol–water partition coefficient (Wildman–Crippen LogP) is 4.20. The standard InChI is InChI=1S/C21H20BrF3N2O3/c22-17-12-19-18(29-9-10-30-19)11-14(17)13-26-5-7-27(8-6-26)20(28)15-3-1-2-4-16(15)21(23,24)25/h1-4,11-12H,5-10,13H2. The van der Waals surface area contributed by atoms with E-state index in [9.17, 15) is 18.0 Å². The number of benzene rings is 2. The Bertz CT molecular complexity index is 944. The van der Waals surface area contributed by atoms with Crippen LogP contribution in [0.3, 0.4) is 0 Å². The van der Waals surface area contributed by atoms with Crippen molar-refractivity contribution in [3.05, 3.63) is 57.6 Å². The third kappa shape index (κ3) is 4.41. The summed E-state index contributed by atoms with van der Waals surface area (Å²) in [4.78, 5) is 16.4. The van der Waals surface area contributed by atoms with Crippen LogP contribution >= 0.6 is 15.9 Å². The number of halogens is 4. The summed E-state index contributed by atoms with van der Waals surface area (Å²) in [7, 11) is 0. The molecule has 1 saturated heterocycles. The van der Waals surface area contributed by atoms with Gasteiger partial charge >= 0.3 is 6.18 Å². The molecular formula is C21H20BrF3N2O3. The monoisotopic (exact) mass is 484 g/mol. The molecule has 2 heterocycles. The van der Waals surface area contributed by atoms with E-state index in [0.717, 1.165) is 16.1 Å². The topological polar surface area (TPSA) is 42.0 Å². The number of rotatable bonds is 3. The van der Waals surface area contributed by atoms with Gasteiger partial charge in [-0.05, 0) is 29.8 Å². The zero-order chi connectivity index (χ0) is 21.3. The van der Waals surface area contributed by atoms with Gasteiger partial charge in [-0.25, -0.2) is 0 Å². The fourth-order valence-electron chi connectivity index (χ4n) is 3.66. The van der Waals surface area contributed by atoms with Crippen LogP contribution in [-0.4, -0.2) is 55.1 Å². The average Bonchev–Trinajstić information content (AvgIpc) is 2.74. The van der Waals surface area contributed by atoms with Crippen LogP contribution in [-0.2, 0) is 12.7 Å². The maximum absolute atomic E-state index is 13.2. The second-order valence-electron chi connectivity index (χ2n) is 7.20. The van der Waals surface area contributed by atoms with E-state index in [1.807, 2.05) is 12.1 Å². The second-order valence-corrected chi connectivity index (χ2v) is 8.05. The molecule has 0 saturated carbocycles. The highest BCUT2D eigenvalue weighted by Gasteiger charge is 2.36. The van der Waals surface area contributed by atoms with Gasteiger partial charge in [0.1, 0.15) is 13.2 Å². The van der Waals surface area contributed by atoms with Crippen molar-refractivity contribution in [2.75, 3.05) is 39.4 Å². The van der Waals surface area contributed by atoms with Crippen molar-refractivity contribution < 1.29 is 27.4 Å². The van der Waals surface area contributed by atoms with E-state index in [1.54, 1.807) is 0 Å². The molecule has 30 heavy (non-hydrogen) atoms. The average molecular weight is 485 g/mol. The molecule has 5 nitrogen and oxygen atoms in total. The van der Waals surface area contributed by atoms with Crippen LogP contribution in [0.2, 0.25) is 0 Å². The van der Waals surface area contributed by atoms with Crippen LogP contribution in [0, 0.1) is 0 Å². The lowest BCUT2D eigenvalue weighted by Crippen LogP contribution is -2.48. The van der Waals surface area contributed by atoms with Crippen molar-refractivity contribution in [3.63, 3.8) is 0 Å². The lowest BCUT2D eigenvalue weighted by Gasteiger charge is -2.35. The van der Waals surface area contributed by atoms with Gasteiger partial charge in [-0.2, -0.15) is 13.2 Å². The third-order valence-electron chi connectivity index (χ3n) is 5.23. The Morgan fingerprint density at radius 2 is 1.63 bits per heavy atom. The minimum atomic E-state index is -4.56. The van der Waals surface area contributed by atoms with E-state index in [2.05, 4.69) is 20.8 Å². The quantitative estimate of drug-likeness (QED) is 0.654. The van der Waals surface area contributed by atoms with E-state index in [0.29, 0.717) is 57.4 Å². The summed E-state index contributed by atoms with van der Waals surface area (Å²) in [5, 5.41) is 0. The number of piperazine rings is 1. The van der Waals surface area contributed by atoms with Crippen LogP contribution in [0.15, 0.2) is 40.9 Å². The zero-order valence-corrected chi connectivity index (χ0v) is 17.6. The number of fused-ring (bicyclic) bond motifs is 1. The Balaban J connectivity index is 1.41. The molecule has 1 fully saturated rings. The van der Waals surface area contributed by atoms with Crippen molar-refractivity contribution in [2.45, 2.75) is 12.7 Å². The molecule has 2 aromatic carbocycles. The normalized spacial score (nSPS) is 17.1. The summed E-state index contributed by atoms with van der Waals surface area (Å²) in [6.45, 7) is 3.54. The zero-order valence-electron chi connectivity index (χ0n) is 16.0. The Hall–Kier alpha value is -2.26. The largest absolute Gasteiger partial charge is 0.486 e. The number of carbonyl (C=O) groups excluding carboxylic acids is 1. The summed E-state index contributed by atoms with van der Waals surface area (Å²) in [6.07, 6.45) is -4.56. The number of nitrogens with zero attached hydrogens (tertiary/aromatic N) is 2. The molecule has 1 amide bonds. The van der Waals surface area contributed by atoms with Gasteiger partial charge in [0.15, 0.2) is 11.5 Å². The Morgan fingerprint density at radius 3 is 2.30 bits per heavy atom. The molecule has 0 bridgehead atoms. The van der Waals surface area contributed by atoms with Gasteiger partial charge in [0.25, 0.3) is 5.91 Å². The molecule has 160 valence electrons. The number of alkyl halides is 3. The summed E-state index contributed by atoms with van der Waals surface area (Å²) in [5.74, 6) is 0.829. The summed E-state index contributed by atoms with van der Waals surface area (Å²) in [6, 6.07) is 8.76. The predicted molar refractivity (Wildman–Crippen MR) is 108 cm³/mol. The van der Waals surface area contributed by atoms with E-state index < -0.39 is 17.6 Å². The molecular weight excluding hydrogens is 465 g/mol.